The fourth-order valence-electron chi connectivity index (χ4n) is 4.91. The molecule has 0 saturated carbocycles. The molecule has 0 aromatic heterocycles. The summed E-state index contributed by atoms with van der Waals surface area (Å²) in [6.07, 6.45) is 29.3. The largest absolute Gasteiger partial charge is 0.493 e. The molecule has 41 heavy (non-hydrogen) atoms. The molecule has 1 aliphatic heterocycles. The highest BCUT2D eigenvalue weighted by Gasteiger charge is 2.14. The third-order valence-corrected chi connectivity index (χ3v) is 7.46. The van der Waals surface area contributed by atoms with Crippen molar-refractivity contribution < 1.29 is 23.8 Å². The summed E-state index contributed by atoms with van der Waals surface area (Å²) in [6.45, 7) is 7.50. The normalized spacial score (nSPS) is 15.7. The molecular formula is C35H59NO5. The number of unbranched alkanes of at least 4 members (excludes halogenated alkanes) is 10. The Labute approximate surface area is 250 Å². The summed E-state index contributed by atoms with van der Waals surface area (Å²) in [5.74, 6) is 7.04. The summed E-state index contributed by atoms with van der Waals surface area (Å²) in [4.78, 5) is 4.88. The van der Waals surface area contributed by atoms with Gasteiger partial charge in [0.05, 0.1) is 19.8 Å². The van der Waals surface area contributed by atoms with E-state index in [1.54, 1.807) is 0 Å². The molecule has 2 N–H and O–H groups in total. The third kappa shape index (κ3) is 17.6. The van der Waals surface area contributed by atoms with Crippen molar-refractivity contribution in [3.8, 4) is 11.5 Å². The van der Waals surface area contributed by atoms with E-state index >= 15 is 0 Å². The Bertz CT molecular complexity index is 819. The van der Waals surface area contributed by atoms with Crippen LogP contribution in [0.2, 0.25) is 0 Å². The molecule has 234 valence electrons. The van der Waals surface area contributed by atoms with Crippen molar-refractivity contribution in [3.63, 3.8) is 0 Å². The van der Waals surface area contributed by atoms with Crippen LogP contribution in [0.25, 0.3) is 0 Å². The zero-order chi connectivity index (χ0) is 29.2. The van der Waals surface area contributed by atoms with E-state index in [0.29, 0.717) is 26.4 Å². The van der Waals surface area contributed by atoms with Crippen LogP contribution < -0.4 is 15.4 Å². The van der Waals surface area contributed by atoms with Gasteiger partial charge in [-0.3, -0.25) is 4.84 Å². The van der Waals surface area contributed by atoms with Crippen molar-refractivity contribution in [3.05, 3.63) is 47.6 Å². The van der Waals surface area contributed by atoms with Gasteiger partial charge >= 0.3 is 0 Å². The number of hydrogen-bond donors (Lipinski definition) is 1. The van der Waals surface area contributed by atoms with Crippen molar-refractivity contribution in [2.24, 2.45) is 5.90 Å². The molecule has 2 rings (SSSR count). The average Bonchev–Trinajstić information content (AvgIpc) is 2.99. The molecular weight excluding hydrogens is 514 g/mol. The van der Waals surface area contributed by atoms with Gasteiger partial charge in [0.2, 0.25) is 0 Å². The van der Waals surface area contributed by atoms with Gasteiger partial charge in [-0.25, -0.2) is 5.90 Å². The van der Waals surface area contributed by atoms with Crippen molar-refractivity contribution in [1.82, 2.24) is 0 Å². The van der Waals surface area contributed by atoms with Crippen LogP contribution in [0.5, 0.6) is 11.5 Å². The zero-order valence-corrected chi connectivity index (χ0v) is 26.2. The van der Waals surface area contributed by atoms with Crippen molar-refractivity contribution in [1.29, 1.82) is 0 Å². The predicted octanol–water partition coefficient (Wildman–Crippen LogP) is 9.28. The lowest BCUT2D eigenvalue weighted by molar-refractivity contribution is -0.162. The average molecular weight is 574 g/mol. The molecule has 0 aliphatic carbocycles. The Hall–Kier alpha value is -1.86. The number of nitrogens with two attached hydrogens (primary N) is 1. The molecule has 0 bridgehead atoms. The maximum atomic E-state index is 6.17. The van der Waals surface area contributed by atoms with Gasteiger partial charge in [-0.05, 0) is 95.2 Å². The number of rotatable bonds is 25. The van der Waals surface area contributed by atoms with Crippen LogP contribution in [0.15, 0.2) is 36.4 Å². The molecule has 1 aliphatic rings. The van der Waals surface area contributed by atoms with Gasteiger partial charge in [-0.2, -0.15) is 0 Å². The summed E-state index contributed by atoms with van der Waals surface area (Å²) in [5.41, 5.74) is 1.98. The predicted molar refractivity (Wildman–Crippen MR) is 169 cm³/mol. The van der Waals surface area contributed by atoms with Gasteiger partial charge in [0, 0.05) is 18.8 Å². The highest BCUT2D eigenvalue weighted by atomic mass is 16.7. The highest BCUT2D eigenvalue weighted by Crippen LogP contribution is 2.31. The summed E-state index contributed by atoms with van der Waals surface area (Å²) in [5, 5.41) is 0. The van der Waals surface area contributed by atoms with Crippen LogP contribution in [-0.4, -0.2) is 32.7 Å². The second kappa shape index (κ2) is 24.7. The number of allylic oxidation sites excluding steroid dienone is 4. The van der Waals surface area contributed by atoms with Crippen LogP contribution in [0.1, 0.15) is 127 Å². The van der Waals surface area contributed by atoms with E-state index in [-0.39, 0.29) is 6.29 Å². The fourth-order valence-corrected chi connectivity index (χ4v) is 4.91. The minimum atomic E-state index is -0.0237. The zero-order valence-electron chi connectivity index (χ0n) is 26.2. The standard InChI is InChI=1S/C35H59NO5/c1-3-4-5-6-7-8-9-10-11-12-13-14-15-16-17-19-24-37-33-28-32(30-41-36)29-34(31(33)2)38-25-21-22-27-40-35-23-18-20-26-39-35/h7-8,10-11,28-29,35H,3-6,9,12-27,30,36H2,1-2H3/b8-7-,11-10-. The summed E-state index contributed by atoms with van der Waals surface area (Å²) < 4.78 is 23.7. The van der Waals surface area contributed by atoms with Crippen molar-refractivity contribution >= 4 is 0 Å². The first-order chi connectivity index (χ1) is 20.2. The molecule has 1 saturated heterocycles. The molecule has 6 heteroatoms. The summed E-state index contributed by atoms with van der Waals surface area (Å²) in [7, 11) is 0. The Morgan fingerprint density at radius 2 is 1.39 bits per heavy atom. The van der Waals surface area contributed by atoms with Gasteiger partial charge < -0.3 is 18.9 Å². The Morgan fingerprint density at radius 3 is 2.02 bits per heavy atom. The van der Waals surface area contributed by atoms with E-state index in [9.17, 15) is 0 Å². The Morgan fingerprint density at radius 1 is 0.780 bits per heavy atom. The molecule has 1 heterocycles. The van der Waals surface area contributed by atoms with E-state index in [1.807, 2.05) is 12.1 Å². The van der Waals surface area contributed by atoms with Gasteiger partial charge in [-0.15, -0.1) is 0 Å². The molecule has 0 amide bonds. The van der Waals surface area contributed by atoms with Crippen LogP contribution in [0, 0.1) is 6.92 Å². The summed E-state index contributed by atoms with van der Waals surface area (Å²) >= 11 is 0. The molecule has 0 spiro atoms. The monoisotopic (exact) mass is 573 g/mol. The minimum absolute atomic E-state index is 0.0237. The number of ether oxygens (including phenoxy) is 4. The van der Waals surface area contributed by atoms with Gasteiger partial charge in [-0.1, -0.05) is 69.8 Å². The molecule has 0 radical (unpaired) electrons. The van der Waals surface area contributed by atoms with Crippen molar-refractivity contribution in [2.45, 2.75) is 136 Å². The topological polar surface area (TPSA) is 72.2 Å². The molecule has 1 aromatic carbocycles. The van der Waals surface area contributed by atoms with Gasteiger partial charge in [0.25, 0.3) is 0 Å². The number of benzene rings is 1. The second-order valence-corrected chi connectivity index (χ2v) is 11.2. The first-order valence-electron chi connectivity index (χ1n) is 16.5. The van der Waals surface area contributed by atoms with Crippen LogP contribution in [0.3, 0.4) is 0 Å². The van der Waals surface area contributed by atoms with Gasteiger partial charge in [0.1, 0.15) is 11.5 Å². The molecule has 1 aromatic rings. The second-order valence-electron chi connectivity index (χ2n) is 11.2. The lowest BCUT2D eigenvalue weighted by Gasteiger charge is -2.22. The van der Waals surface area contributed by atoms with Crippen LogP contribution in [-0.2, 0) is 20.9 Å². The lowest BCUT2D eigenvalue weighted by atomic mass is 10.1. The van der Waals surface area contributed by atoms with E-state index in [0.717, 1.165) is 67.8 Å². The maximum Gasteiger partial charge on any atom is 0.157 e. The first-order valence-corrected chi connectivity index (χ1v) is 16.5. The Balaban J connectivity index is 1.55. The van der Waals surface area contributed by atoms with E-state index < -0.39 is 0 Å². The third-order valence-electron chi connectivity index (χ3n) is 7.46. The molecule has 6 nitrogen and oxygen atoms in total. The number of hydrogen-bond acceptors (Lipinski definition) is 6. The quantitative estimate of drug-likeness (QED) is 0.0714. The van der Waals surface area contributed by atoms with Crippen molar-refractivity contribution in [2.75, 3.05) is 26.4 Å². The Kier molecular flexibility index (Phi) is 21.3. The first kappa shape index (κ1) is 35.3. The SMILES string of the molecule is CCCCC/C=C\C/C=C\CCCCCCCCOc1cc(CON)cc(OCCCCOC2CCCCO2)c1C. The maximum absolute atomic E-state index is 6.17. The highest BCUT2D eigenvalue weighted by molar-refractivity contribution is 5.47. The smallest absolute Gasteiger partial charge is 0.157 e. The van der Waals surface area contributed by atoms with E-state index in [2.05, 4.69) is 38.2 Å². The van der Waals surface area contributed by atoms with E-state index in [1.165, 1.54) is 70.6 Å². The van der Waals surface area contributed by atoms with Crippen LogP contribution >= 0.6 is 0 Å². The minimum Gasteiger partial charge on any atom is -0.493 e. The fraction of sp³-hybridized carbons (Fsp3) is 0.714. The van der Waals surface area contributed by atoms with Gasteiger partial charge in [0.15, 0.2) is 6.29 Å². The molecule has 1 atom stereocenters. The molecule has 1 fully saturated rings. The molecule has 1 unspecified atom stereocenters. The van der Waals surface area contributed by atoms with E-state index in [4.69, 9.17) is 29.7 Å². The van der Waals surface area contributed by atoms with Crippen LogP contribution in [0.4, 0.5) is 0 Å². The lowest BCUT2D eigenvalue weighted by Crippen LogP contribution is -2.22. The summed E-state index contributed by atoms with van der Waals surface area (Å²) in [6, 6.07) is 4.02.